The van der Waals surface area contributed by atoms with Crippen LogP contribution >= 0.6 is 0 Å². The van der Waals surface area contributed by atoms with Crippen LogP contribution in [-0.2, 0) is 0 Å². The molecule has 0 aliphatic rings. The normalized spacial score (nSPS) is 9.47. The summed E-state index contributed by atoms with van der Waals surface area (Å²) in [6.07, 6.45) is 0.555. The van der Waals surface area contributed by atoms with Crippen LogP contribution in [0.15, 0.2) is 27.7 Å². The van der Waals surface area contributed by atoms with E-state index in [2.05, 4.69) is 26.9 Å². The predicted octanol–water partition coefficient (Wildman–Crippen LogP) is 3.19. The average Bonchev–Trinajstić information content (AvgIpc) is 2.68. The first-order chi connectivity index (χ1) is 8.29. The van der Waals surface area contributed by atoms with Gasteiger partial charge in [-0.05, 0) is 23.7 Å². The van der Waals surface area contributed by atoms with Gasteiger partial charge in [0.25, 0.3) is 0 Å². The summed E-state index contributed by atoms with van der Waals surface area (Å²) in [7, 11) is 0. The van der Waals surface area contributed by atoms with Crippen molar-refractivity contribution in [2.45, 2.75) is 13.3 Å². The maximum absolute atomic E-state index is 8.09. The monoisotopic (exact) mass is 226 g/mol. The van der Waals surface area contributed by atoms with Crippen LogP contribution in [0.3, 0.4) is 0 Å². The Hall–Kier alpha value is -2.44. The number of aryl methyl sites for hydroxylation is 1. The SMILES string of the molecule is Cc1nc2cc(C#CCCN=[N+]=[N-])ccc2o1. The van der Waals surface area contributed by atoms with Gasteiger partial charge in [0.15, 0.2) is 11.5 Å². The van der Waals surface area contributed by atoms with Gasteiger partial charge in [0, 0.05) is 30.4 Å². The van der Waals surface area contributed by atoms with Crippen LogP contribution in [0.4, 0.5) is 0 Å². The molecule has 0 aliphatic heterocycles. The molecule has 5 heteroatoms. The number of hydrogen-bond acceptors (Lipinski definition) is 3. The molecule has 0 aliphatic carbocycles. The summed E-state index contributed by atoms with van der Waals surface area (Å²) in [5, 5.41) is 3.41. The second-order valence-corrected chi connectivity index (χ2v) is 3.42. The van der Waals surface area contributed by atoms with Gasteiger partial charge in [0.05, 0.1) is 0 Å². The van der Waals surface area contributed by atoms with E-state index >= 15 is 0 Å². The maximum atomic E-state index is 8.09. The zero-order valence-corrected chi connectivity index (χ0v) is 9.34. The second kappa shape index (κ2) is 5.06. The first-order valence-corrected chi connectivity index (χ1v) is 5.16. The van der Waals surface area contributed by atoms with Crippen LogP contribution in [0.2, 0.25) is 0 Å². The van der Waals surface area contributed by atoms with Gasteiger partial charge in [-0.25, -0.2) is 4.98 Å². The lowest BCUT2D eigenvalue weighted by molar-refractivity contribution is 0.561. The molecule has 0 atom stereocenters. The van der Waals surface area contributed by atoms with Gasteiger partial charge in [-0.15, -0.1) is 0 Å². The molecule has 0 spiro atoms. The molecule has 0 fully saturated rings. The maximum Gasteiger partial charge on any atom is 0.192 e. The highest BCUT2D eigenvalue weighted by molar-refractivity contribution is 5.74. The number of rotatable bonds is 2. The number of hydrogen-bond donors (Lipinski definition) is 0. The third-order valence-corrected chi connectivity index (χ3v) is 2.13. The molecule has 84 valence electrons. The van der Waals surface area contributed by atoms with E-state index in [9.17, 15) is 0 Å². The lowest BCUT2D eigenvalue weighted by atomic mass is 10.2. The van der Waals surface area contributed by atoms with E-state index in [1.54, 1.807) is 0 Å². The van der Waals surface area contributed by atoms with E-state index in [-0.39, 0.29) is 0 Å². The van der Waals surface area contributed by atoms with E-state index in [1.165, 1.54) is 0 Å². The lowest BCUT2D eigenvalue weighted by Gasteiger charge is -1.88. The third-order valence-electron chi connectivity index (χ3n) is 2.13. The highest BCUT2D eigenvalue weighted by Gasteiger charge is 2.01. The van der Waals surface area contributed by atoms with Crippen molar-refractivity contribution in [2.24, 2.45) is 5.11 Å². The highest BCUT2D eigenvalue weighted by atomic mass is 16.3. The van der Waals surface area contributed by atoms with Crippen LogP contribution in [0, 0.1) is 18.8 Å². The van der Waals surface area contributed by atoms with Crippen LogP contribution in [0.5, 0.6) is 0 Å². The van der Waals surface area contributed by atoms with Gasteiger partial charge in [0.2, 0.25) is 0 Å². The molecule has 5 nitrogen and oxygen atoms in total. The Balaban J connectivity index is 2.15. The molecular formula is C12H10N4O. The van der Waals surface area contributed by atoms with Crippen molar-refractivity contribution in [3.05, 3.63) is 40.1 Å². The molecular weight excluding hydrogens is 216 g/mol. The van der Waals surface area contributed by atoms with E-state index in [0.29, 0.717) is 18.9 Å². The number of fused-ring (bicyclic) bond motifs is 1. The van der Waals surface area contributed by atoms with Crippen molar-refractivity contribution in [3.63, 3.8) is 0 Å². The van der Waals surface area contributed by atoms with Gasteiger partial charge < -0.3 is 4.42 Å². The van der Waals surface area contributed by atoms with Crippen molar-refractivity contribution < 1.29 is 4.42 Å². The summed E-state index contributed by atoms with van der Waals surface area (Å²) in [6.45, 7) is 2.21. The minimum atomic E-state index is 0.398. The molecule has 2 rings (SSSR count). The van der Waals surface area contributed by atoms with Crippen LogP contribution in [0.1, 0.15) is 17.9 Å². The van der Waals surface area contributed by atoms with Crippen molar-refractivity contribution in [2.75, 3.05) is 6.54 Å². The number of aromatic nitrogens is 1. The van der Waals surface area contributed by atoms with Crippen molar-refractivity contribution >= 4 is 11.1 Å². The van der Waals surface area contributed by atoms with Gasteiger partial charge in [-0.3, -0.25) is 0 Å². The minimum Gasteiger partial charge on any atom is -0.441 e. The van der Waals surface area contributed by atoms with Crippen molar-refractivity contribution in [1.29, 1.82) is 0 Å². The molecule has 1 heterocycles. The van der Waals surface area contributed by atoms with E-state index in [1.807, 2.05) is 25.1 Å². The summed E-state index contributed by atoms with van der Waals surface area (Å²) in [5.41, 5.74) is 10.6. The zero-order valence-electron chi connectivity index (χ0n) is 9.34. The van der Waals surface area contributed by atoms with E-state index in [4.69, 9.17) is 9.95 Å². The fourth-order valence-electron chi connectivity index (χ4n) is 1.44. The Kier molecular flexibility index (Phi) is 3.29. The second-order valence-electron chi connectivity index (χ2n) is 3.42. The smallest absolute Gasteiger partial charge is 0.192 e. The molecule has 0 unspecified atom stereocenters. The Morgan fingerprint density at radius 1 is 1.53 bits per heavy atom. The summed E-state index contributed by atoms with van der Waals surface area (Å²) in [5.74, 6) is 6.57. The number of oxazole rings is 1. The Morgan fingerprint density at radius 3 is 3.24 bits per heavy atom. The Bertz CT molecular complexity index is 641. The van der Waals surface area contributed by atoms with Gasteiger partial charge >= 0.3 is 0 Å². The molecule has 0 amide bonds. The average molecular weight is 226 g/mol. The minimum absolute atomic E-state index is 0.398. The predicted molar refractivity (Wildman–Crippen MR) is 64.3 cm³/mol. The molecule has 0 radical (unpaired) electrons. The first-order valence-electron chi connectivity index (χ1n) is 5.16. The van der Waals surface area contributed by atoms with Crippen molar-refractivity contribution in [1.82, 2.24) is 4.98 Å². The number of benzene rings is 1. The van der Waals surface area contributed by atoms with E-state index in [0.717, 1.165) is 16.7 Å². The summed E-state index contributed by atoms with van der Waals surface area (Å²) < 4.78 is 5.37. The molecule has 1 aromatic heterocycles. The van der Waals surface area contributed by atoms with Gasteiger partial charge in [0.1, 0.15) is 5.52 Å². The zero-order chi connectivity index (χ0) is 12.1. The quantitative estimate of drug-likeness (QED) is 0.259. The highest BCUT2D eigenvalue weighted by Crippen LogP contribution is 2.16. The van der Waals surface area contributed by atoms with Crippen LogP contribution < -0.4 is 0 Å². The molecule has 1 aromatic carbocycles. The first kappa shape index (κ1) is 11.1. The molecule has 0 bridgehead atoms. The summed E-state index contributed by atoms with van der Waals surface area (Å²) >= 11 is 0. The topological polar surface area (TPSA) is 74.8 Å². The van der Waals surface area contributed by atoms with Crippen LogP contribution in [-0.4, -0.2) is 11.5 Å². The number of nitrogens with zero attached hydrogens (tertiary/aromatic N) is 4. The summed E-state index contributed by atoms with van der Waals surface area (Å²) in [6, 6.07) is 5.62. The lowest BCUT2D eigenvalue weighted by Crippen LogP contribution is -1.77. The number of azide groups is 1. The van der Waals surface area contributed by atoms with Gasteiger partial charge in [-0.2, -0.15) is 0 Å². The molecule has 17 heavy (non-hydrogen) atoms. The van der Waals surface area contributed by atoms with Crippen molar-refractivity contribution in [3.8, 4) is 11.8 Å². The fourth-order valence-corrected chi connectivity index (χ4v) is 1.44. The largest absolute Gasteiger partial charge is 0.441 e. The molecule has 0 saturated carbocycles. The van der Waals surface area contributed by atoms with Gasteiger partial charge in [-0.1, -0.05) is 17.0 Å². The molecule has 2 aromatic rings. The Labute approximate surface area is 98.1 Å². The third kappa shape index (κ3) is 2.77. The Morgan fingerprint density at radius 2 is 2.41 bits per heavy atom. The fraction of sp³-hybridized carbons (Fsp3) is 0.250. The molecule has 0 saturated heterocycles. The van der Waals surface area contributed by atoms with Crippen LogP contribution in [0.25, 0.3) is 21.5 Å². The van der Waals surface area contributed by atoms with E-state index < -0.39 is 0 Å². The standard InChI is InChI=1S/C12H10N4O/c1-9-15-11-8-10(5-6-12(11)17-9)4-2-3-7-14-16-13/h5-6,8H,3,7H2,1H3. The summed E-state index contributed by atoms with van der Waals surface area (Å²) in [4.78, 5) is 6.89. The molecule has 0 N–H and O–H groups in total.